The minimum absolute atomic E-state index is 0.251. The number of benzene rings is 2. The van der Waals surface area contributed by atoms with E-state index in [0.717, 1.165) is 56.9 Å². The van der Waals surface area contributed by atoms with Gasteiger partial charge in [0, 0.05) is 51.4 Å². The van der Waals surface area contributed by atoms with E-state index in [1.54, 1.807) is 6.07 Å². The average molecular weight is 422 g/mol. The number of halogens is 2. The smallest absolute Gasteiger partial charge is 0.161 e. The van der Waals surface area contributed by atoms with Gasteiger partial charge in [-0.2, -0.15) is 0 Å². The van der Waals surface area contributed by atoms with Crippen molar-refractivity contribution in [1.29, 1.82) is 0 Å². The Balaban J connectivity index is 1.53. The molecule has 0 bridgehead atoms. The van der Waals surface area contributed by atoms with Gasteiger partial charge in [0.1, 0.15) is 12.4 Å². The first-order valence-corrected chi connectivity index (χ1v) is 10.5. The summed E-state index contributed by atoms with van der Waals surface area (Å²) in [5, 5.41) is 7.22. The third-order valence-electron chi connectivity index (χ3n) is 4.85. The van der Waals surface area contributed by atoms with Crippen molar-refractivity contribution in [1.82, 2.24) is 15.5 Å². The monoisotopic (exact) mass is 421 g/mol. The molecule has 0 amide bonds. The van der Waals surface area contributed by atoms with E-state index in [1.807, 2.05) is 25.1 Å². The first-order valence-electron chi connectivity index (χ1n) is 10.1. The van der Waals surface area contributed by atoms with Gasteiger partial charge in [0.05, 0.1) is 11.6 Å². The van der Waals surface area contributed by atoms with E-state index < -0.39 is 0 Å². The number of ether oxygens (including phenoxy) is 2. The van der Waals surface area contributed by atoms with Gasteiger partial charge in [-0.1, -0.05) is 23.7 Å². The summed E-state index contributed by atoms with van der Waals surface area (Å²) in [4.78, 5) is 2.46. The topological polar surface area (TPSA) is 45.8 Å². The summed E-state index contributed by atoms with van der Waals surface area (Å²) in [6.45, 7) is 9.89. The zero-order valence-corrected chi connectivity index (χ0v) is 17.6. The van der Waals surface area contributed by atoms with E-state index in [-0.39, 0.29) is 12.4 Å². The highest BCUT2D eigenvalue weighted by Crippen LogP contribution is 2.30. The van der Waals surface area contributed by atoms with E-state index in [0.29, 0.717) is 23.1 Å². The second-order valence-electron chi connectivity index (χ2n) is 7.01. The molecule has 1 aliphatic rings. The Labute approximate surface area is 177 Å². The first kappa shape index (κ1) is 21.8. The third-order valence-corrected chi connectivity index (χ3v) is 5.20. The number of piperazine rings is 1. The highest BCUT2D eigenvalue weighted by atomic mass is 35.5. The van der Waals surface area contributed by atoms with Crippen molar-refractivity contribution in [3.05, 3.63) is 58.4 Å². The summed E-state index contributed by atoms with van der Waals surface area (Å²) < 4.78 is 24.8. The first-order chi connectivity index (χ1) is 14.2. The molecule has 1 fully saturated rings. The highest BCUT2D eigenvalue weighted by Gasteiger charge is 2.10. The maximum absolute atomic E-state index is 13.2. The molecule has 158 valence electrons. The fourth-order valence-corrected chi connectivity index (χ4v) is 3.47. The molecule has 2 aromatic carbocycles. The Morgan fingerprint density at radius 3 is 2.69 bits per heavy atom. The molecule has 0 saturated carbocycles. The van der Waals surface area contributed by atoms with Crippen LogP contribution >= 0.6 is 11.6 Å². The number of rotatable bonds is 10. The van der Waals surface area contributed by atoms with Gasteiger partial charge in [-0.05, 0) is 36.8 Å². The fourth-order valence-electron chi connectivity index (χ4n) is 3.25. The lowest BCUT2D eigenvalue weighted by Crippen LogP contribution is -2.45. The van der Waals surface area contributed by atoms with Crippen molar-refractivity contribution in [3.63, 3.8) is 0 Å². The summed E-state index contributed by atoms with van der Waals surface area (Å²) in [5.74, 6) is 0.992. The van der Waals surface area contributed by atoms with Crippen molar-refractivity contribution in [2.24, 2.45) is 0 Å². The van der Waals surface area contributed by atoms with E-state index >= 15 is 0 Å². The maximum Gasteiger partial charge on any atom is 0.161 e. The van der Waals surface area contributed by atoms with Gasteiger partial charge in [-0.15, -0.1) is 0 Å². The van der Waals surface area contributed by atoms with Crippen molar-refractivity contribution in [2.45, 2.75) is 20.1 Å². The summed E-state index contributed by atoms with van der Waals surface area (Å²) in [6.07, 6.45) is 0. The van der Waals surface area contributed by atoms with Crippen LogP contribution in [-0.4, -0.2) is 50.8 Å². The van der Waals surface area contributed by atoms with Crippen molar-refractivity contribution < 1.29 is 13.9 Å². The van der Waals surface area contributed by atoms with Crippen molar-refractivity contribution >= 4 is 11.6 Å². The maximum atomic E-state index is 13.2. The molecule has 3 rings (SSSR count). The molecule has 0 aromatic heterocycles. The van der Waals surface area contributed by atoms with E-state index in [2.05, 4.69) is 15.5 Å². The van der Waals surface area contributed by atoms with Gasteiger partial charge in [0.25, 0.3) is 0 Å². The molecule has 29 heavy (non-hydrogen) atoms. The van der Waals surface area contributed by atoms with Crippen LogP contribution in [0.2, 0.25) is 5.02 Å². The van der Waals surface area contributed by atoms with Gasteiger partial charge in [-0.25, -0.2) is 4.39 Å². The van der Waals surface area contributed by atoms with Crippen LogP contribution in [-0.2, 0) is 13.2 Å². The summed E-state index contributed by atoms with van der Waals surface area (Å²) in [6, 6.07) is 10.2. The third kappa shape index (κ3) is 6.85. The molecule has 2 N–H and O–H groups in total. The zero-order chi connectivity index (χ0) is 20.5. The average Bonchev–Trinajstić information content (AvgIpc) is 2.73. The largest absolute Gasteiger partial charge is 0.490 e. The molecule has 0 spiro atoms. The zero-order valence-electron chi connectivity index (χ0n) is 16.8. The molecular weight excluding hydrogens is 393 g/mol. The van der Waals surface area contributed by atoms with Crippen LogP contribution in [0.3, 0.4) is 0 Å². The van der Waals surface area contributed by atoms with Crippen molar-refractivity contribution in [2.75, 3.05) is 45.9 Å². The van der Waals surface area contributed by atoms with E-state index in [4.69, 9.17) is 21.1 Å². The number of hydrogen-bond donors (Lipinski definition) is 2. The molecular formula is C22H29ClFN3O2. The molecule has 2 aromatic rings. The Morgan fingerprint density at radius 1 is 1.10 bits per heavy atom. The molecule has 0 unspecified atom stereocenters. The van der Waals surface area contributed by atoms with Crippen molar-refractivity contribution in [3.8, 4) is 11.5 Å². The van der Waals surface area contributed by atoms with Gasteiger partial charge < -0.3 is 20.1 Å². The van der Waals surface area contributed by atoms with E-state index in [9.17, 15) is 4.39 Å². The Hall–Kier alpha value is -1.86. The second kappa shape index (κ2) is 11.4. The summed E-state index contributed by atoms with van der Waals surface area (Å²) >= 11 is 6.08. The van der Waals surface area contributed by atoms with Crippen LogP contribution in [0.1, 0.15) is 18.1 Å². The molecule has 1 saturated heterocycles. The number of nitrogens with one attached hydrogen (secondary N) is 2. The number of nitrogens with zero attached hydrogens (tertiary/aromatic N) is 1. The van der Waals surface area contributed by atoms with Crippen LogP contribution in [0.5, 0.6) is 11.5 Å². The normalized spacial score (nSPS) is 14.7. The quantitative estimate of drug-likeness (QED) is 0.575. The minimum Gasteiger partial charge on any atom is -0.490 e. The van der Waals surface area contributed by atoms with Crippen LogP contribution in [0, 0.1) is 5.82 Å². The lowest BCUT2D eigenvalue weighted by atomic mass is 10.2. The highest BCUT2D eigenvalue weighted by molar-refractivity contribution is 6.31. The lowest BCUT2D eigenvalue weighted by Gasteiger charge is -2.27. The van der Waals surface area contributed by atoms with E-state index in [1.165, 1.54) is 12.1 Å². The molecule has 1 heterocycles. The predicted molar refractivity (Wildman–Crippen MR) is 114 cm³/mol. The fraction of sp³-hybridized carbons (Fsp3) is 0.455. The summed E-state index contributed by atoms with van der Waals surface area (Å²) in [7, 11) is 0. The minimum atomic E-state index is -0.359. The lowest BCUT2D eigenvalue weighted by molar-refractivity contribution is 0.241. The van der Waals surface area contributed by atoms with Crippen LogP contribution in [0.4, 0.5) is 4.39 Å². The van der Waals surface area contributed by atoms with Crippen LogP contribution < -0.4 is 20.1 Å². The van der Waals surface area contributed by atoms with Gasteiger partial charge in [-0.3, -0.25) is 4.90 Å². The SMILES string of the molecule is CCOc1cc(CNCCN2CCNCC2)ccc1OCc1ccc(F)cc1Cl. The Kier molecular flexibility index (Phi) is 8.55. The Morgan fingerprint density at radius 2 is 1.93 bits per heavy atom. The molecule has 1 aliphatic heterocycles. The molecule has 0 aliphatic carbocycles. The van der Waals surface area contributed by atoms with Gasteiger partial charge >= 0.3 is 0 Å². The van der Waals surface area contributed by atoms with Gasteiger partial charge in [0.2, 0.25) is 0 Å². The Bertz CT molecular complexity index is 785. The molecule has 7 heteroatoms. The second-order valence-corrected chi connectivity index (χ2v) is 7.41. The molecule has 0 radical (unpaired) electrons. The number of hydrogen-bond acceptors (Lipinski definition) is 5. The summed E-state index contributed by atoms with van der Waals surface area (Å²) in [5.41, 5.74) is 1.87. The standard InChI is InChI=1S/C22H29ClFN3O2/c1-2-28-22-13-17(15-26-9-12-27-10-7-25-8-11-27)3-6-21(22)29-16-18-4-5-19(24)14-20(18)23/h3-6,13-14,25-26H,2,7-12,15-16H2,1H3. The molecule has 0 atom stereocenters. The predicted octanol–water partition coefficient (Wildman–Crippen LogP) is 3.45. The van der Waals surface area contributed by atoms with Crippen LogP contribution in [0.25, 0.3) is 0 Å². The molecule has 5 nitrogen and oxygen atoms in total. The van der Waals surface area contributed by atoms with Crippen LogP contribution in [0.15, 0.2) is 36.4 Å². The van der Waals surface area contributed by atoms with Gasteiger partial charge in [0.15, 0.2) is 11.5 Å².